The molecule has 0 saturated heterocycles. The molecule has 0 fully saturated rings. The van der Waals surface area contributed by atoms with E-state index in [2.05, 4.69) is 15.6 Å². The predicted molar refractivity (Wildman–Crippen MR) is 125 cm³/mol. The standard InChI is InChI=1S/C24H20ClN3O3S/c25-16-6-7-19-18(10-16)15(13-31-19)9-21(29)28-24-22(17-4-1-5-20(17)32-24)23(30)27-12-14-3-2-8-26-11-14/h2-3,6-8,10-11,13H,1,4-5,9,12H2,(H,27,30)(H,28,29). The highest BCUT2D eigenvalue weighted by Gasteiger charge is 2.27. The van der Waals surface area contributed by atoms with Crippen LogP contribution in [0.4, 0.5) is 5.00 Å². The molecule has 0 aliphatic heterocycles. The number of nitrogens with zero attached hydrogens (tertiary/aromatic N) is 1. The molecule has 6 nitrogen and oxygen atoms in total. The summed E-state index contributed by atoms with van der Waals surface area (Å²) in [5.74, 6) is -0.377. The molecule has 1 aliphatic rings. The van der Waals surface area contributed by atoms with E-state index >= 15 is 0 Å². The van der Waals surface area contributed by atoms with E-state index in [1.807, 2.05) is 12.1 Å². The Bertz CT molecular complexity index is 1310. The van der Waals surface area contributed by atoms with Crippen LogP contribution in [0, 0.1) is 0 Å². The Morgan fingerprint density at radius 2 is 2.12 bits per heavy atom. The zero-order valence-electron chi connectivity index (χ0n) is 17.1. The molecular formula is C24H20ClN3O3S. The molecule has 0 saturated carbocycles. The normalized spacial score (nSPS) is 12.7. The maximum atomic E-state index is 13.1. The summed E-state index contributed by atoms with van der Waals surface area (Å²) in [6.07, 6.45) is 7.94. The van der Waals surface area contributed by atoms with E-state index < -0.39 is 0 Å². The summed E-state index contributed by atoms with van der Waals surface area (Å²) in [5, 5.41) is 7.94. The summed E-state index contributed by atoms with van der Waals surface area (Å²) in [7, 11) is 0. The average Bonchev–Trinajstić information content (AvgIpc) is 3.48. The van der Waals surface area contributed by atoms with Crippen molar-refractivity contribution in [1.29, 1.82) is 0 Å². The van der Waals surface area contributed by atoms with Crippen molar-refractivity contribution in [2.75, 3.05) is 5.32 Å². The van der Waals surface area contributed by atoms with Gasteiger partial charge in [-0.05, 0) is 54.7 Å². The lowest BCUT2D eigenvalue weighted by molar-refractivity contribution is -0.115. The fourth-order valence-corrected chi connectivity index (χ4v) is 5.52. The van der Waals surface area contributed by atoms with E-state index in [0.717, 1.165) is 41.3 Å². The Kier molecular flexibility index (Phi) is 5.68. The highest BCUT2D eigenvalue weighted by atomic mass is 35.5. The Morgan fingerprint density at radius 3 is 2.97 bits per heavy atom. The van der Waals surface area contributed by atoms with Crippen LogP contribution in [-0.2, 0) is 30.6 Å². The molecule has 0 atom stereocenters. The lowest BCUT2D eigenvalue weighted by Gasteiger charge is -2.09. The number of carbonyl (C=O) groups excluding carboxylic acids is 2. The maximum Gasteiger partial charge on any atom is 0.254 e. The molecule has 2 N–H and O–H groups in total. The van der Waals surface area contributed by atoms with Gasteiger partial charge in [0.05, 0.1) is 18.2 Å². The maximum absolute atomic E-state index is 13.1. The number of anilines is 1. The predicted octanol–water partition coefficient (Wildman–Crippen LogP) is 5.14. The van der Waals surface area contributed by atoms with Crippen molar-refractivity contribution in [3.63, 3.8) is 0 Å². The fourth-order valence-electron chi connectivity index (χ4n) is 4.04. The third-order valence-electron chi connectivity index (χ3n) is 5.54. The number of hydrogen-bond acceptors (Lipinski definition) is 5. The molecule has 162 valence electrons. The van der Waals surface area contributed by atoms with Crippen molar-refractivity contribution in [3.8, 4) is 0 Å². The van der Waals surface area contributed by atoms with Crippen molar-refractivity contribution >= 4 is 50.7 Å². The topological polar surface area (TPSA) is 84.2 Å². The van der Waals surface area contributed by atoms with Gasteiger partial charge in [-0.3, -0.25) is 14.6 Å². The number of nitrogens with one attached hydrogen (secondary N) is 2. The lowest BCUT2D eigenvalue weighted by Crippen LogP contribution is -2.25. The van der Waals surface area contributed by atoms with E-state index in [-0.39, 0.29) is 18.2 Å². The van der Waals surface area contributed by atoms with Crippen molar-refractivity contribution in [1.82, 2.24) is 10.3 Å². The second-order valence-corrected chi connectivity index (χ2v) is 9.27. The molecule has 8 heteroatoms. The van der Waals surface area contributed by atoms with Gasteiger partial charge in [-0.1, -0.05) is 17.7 Å². The van der Waals surface area contributed by atoms with Gasteiger partial charge in [-0.2, -0.15) is 0 Å². The number of aryl methyl sites for hydroxylation is 1. The van der Waals surface area contributed by atoms with Gasteiger partial charge >= 0.3 is 0 Å². The summed E-state index contributed by atoms with van der Waals surface area (Å²) in [4.78, 5) is 31.2. The van der Waals surface area contributed by atoms with Gasteiger partial charge in [-0.15, -0.1) is 11.3 Å². The Balaban J connectivity index is 1.35. The number of aromatic nitrogens is 1. The zero-order valence-corrected chi connectivity index (χ0v) is 18.7. The van der Waals surface area contributed by atoms with Gasteiger partial charge in [0.1, 0.15) is 10.6 Å². The summed E-state index contributed by atoms with van der Waals surface area (Å²) >= 11 is 7.59. The number of thiophene rings is 1. The summed E-state index contributed by atoms with van der Waals surface area (Å²) in [6.45, 7) is 0.381. The van der Waals surface area contributed by atoms with Crippen molar-refractivity contribution < 1.29 is 14.0 Å². The van der Waals surface area contributed by atoms with Crippen LogP contribution in [0.25, 0.3) is 11.0 Å². The number of benzene rings is 1. The number of hydrogen-bond donors (Lipinski definition) is 2. The van der Waals surface area contributed by atoms with Crippen molar-refractivity contribution in [3.05, 3.63) is 81.1 Å². The van der Waals surface area contributed by atoms with Gasteiger partial charge in [0.2, 0.25) is 5.91 Å². The molecule has 32 heavy (non-hydrogen) atoms. The molecular weight excluding hydrogens is 446 g/mol. The number of carbonyl (C=O) groups is 2. The first kappa shape index (κ1) is 20.7. The lowest BCUT2D eigenvalue weighted by atomic mass is 10.1. The SMILES string of the molecule is O=C(Cc1coc2ccc(Cl)cc12)Nc1sc2c(c1C(=O)NCc1cccnc1)CCC2. The van der Waals surface area contributed by atoms with Crippen LogP contribution in [0.5, 0.6) is 0 Å². The van der Waals surface area contributed by atoms with E-state index in [4.69, 9.17) is 16.0 Å². The summed E-state index contributed by atoms with van der Waals surface area (Å²) in [6, 6.07) is 9.08. The Morgan fingerprint density at radius 1 is 1.22 bits per heavy atom. The highest BCUT2D eigenvalue weighted by Crippen LogP contribution is 2.39. The fraction of sp³-hybridized carbons (Fsp3) is 0.208. The number of rotatable bonds is 6. The number of pyridine rings is 1. The van der Waals surface area contributed by atoms with Crippen LogP contribution in [0.3, 0.4) is 0 Å². The first-order valence-electron chi connectivity index (χ1n) is 10.4. The molecule has 0 unspecified atom stereocenters. The second-order valence-electron chi connectivity index (χ2n) is 7.73. The quantitative estimate of drug-likeness (QED) is 0.413. The molecule has 0 spiro atoms. The minimum Gasteiger partial charge on any atom is -0.464 e. The minimum absolute atomic E-state index is 0.132. The Hall–Kier alpha value is -3.16. The van der Waals surface area contributed by atoms with Crippen LogP contribution in [-0.4, -0.2) is 16.8 Å². The Labute approximate surface area is 193 Å². The van der Waals surface area contributed by atoms with Crippen molar-refractivity contribution in [2.45, 2.75) is 32.2 Å². The van der Waals surface area contributed by atoms with Crippen LogP contribution in [0.1, 0.15) is 38.3 Å². The highest BCUT2D eigenvalue weighted by molar-refractivity contribution is 7.17. The van der Waals surface area contributed by atoms with Crippen LogP contribution >= 0.6 is 22.9 Å². The average molecular weight is 466 g/mol. The number of furan rings is 1. The molecule has 3 heterocycles. The van der Waals surface area contributed by atoms with E-state index in [9.17, 15) is 9.59 Å². The van der Waals surface area contributed by atoms with Gasteiger partial charge in [0.15, 0.2) is 0 Å². The van der Waals surface area contributed by atoms with Gasteiger partial charge < -0.3 is 15.1 Å². The molecule has 1 aromatic carbocycles. The van der Waals surface area contributed by atoms with Crippen LogP contribution < -0.4 is 10.6 Å². The van der Waals surface area contributed by atoms with Crippen LogP contribution in [0.2, 0.25) is 5.02 Å². The third kappa shape index (κ3) is 4.13. The molecule has 0 bridgehead atoms. The monoisotopic (exact) mass is 465 g/mol. The first-order chi connectivity index (χ1) is 15.6. The van der Waals surface area contributed by atoms with E-state index in [1.54, 1.807) is 36.9 Å². The second kappa shape index (κ2) is 8.76. The van der Waals surface area contributed by atoms with Crippen molar-refractivity contribution in [2.24, 2.45) is 0 Å². The zero-order chi connectivity index (χ0) is 22.1. The molecule has 1 aliphatic carbocycles. The number of halogens is 1. The molecule has 0 radical (unpaired) electrons. The van der Waals surface area contributed by atoms with Gasteiger partial charge in [0.25, 0.3) is 5.91 Å². The molecule has 3 aromatic heterocycles. The van der Waals surface area contributed by atoms with E-state index in [0.29, 0.717) is 27.7 Å². The smallest absolute Gasteiger partial charge is 0.254 e. The van der Waals surface area contributed by atoms with Gasteiger partial charge in [-0.25, -0.2) is 0 Å². The molecule has 2 amide bonds. The summed E-state index contributed by atoms with van der Waals surface area (Å²) < 4.78 is 5.54. The molecule has 5 rings (SSSR count). The largest absolute Gasteiger partial charge is 0.464 e. The minimum atomic E-state index is -0.200. The van der Waals surface area contributed by atoms with Gasteiger partial charge in [0, 0.05) is 39.8 Å². The van der Waals surface area contributed by atoms with E-state index in [1.165, 1.54) is 16.2 Å². The summed E-state index contributed by atoms with van der Waals surface area (Å²) in [5.41, 5.74) is 3.99. The molecule has 4 aromatic rings. The first-order valence-corrected chi connectivity index (χ1v) is 11.5. The third-order valence-corrected chi connectivity index (χ3v) is 6.99. The number of fused-ring (bicyclic) bond motifs is 2. The number of amides is 2. The van der Waals surface area contributed by atoms with Crippen LogP contribution in [0.15, 0.2) is 53.4 Å².